The zero-order chi connectivity index (χ0) is 20.7. The van der Waals surface area contributed by atoms with Gasteiger partial charge in [0.05, 0.1) is 17.5 Å². The van der Waals surface area contributed by atoms with Gasteiger partial charge in [0.1, 0.15) is 0 Å². The SMILES string of the molecule is CC1=CC[C@H]2C(=O)N(c3ccc(C(=O)Nc4ccc(I)cc4C)cc3)C(=O)[C@@H]2C1. The predicted octanol–water partition coefficient (Wildman–Crippen LogP) is 4.70. The van der Waals surface area contributed by atoms with E-state index in [0.29, 0.717) is 24.1 Å². The van der Waals surface area contributed by atoms with Crippen molar-refractivity contribution >= 4 is 51.7 Å². The minimum absolute atomic E-state index is 0.140. The van der Waals surface area contributed by atoms with Gasteiger partial charge in [-0.25, -0.2) is 0 Å². The summed E-state index contributed by atoms with van der Waals surface area (Å²) in [6, 6.07) is 12.5. The molecule has 0 aromatic heterocycles. The maximum Gasteiger partial charge on any atom is 0.255 e. The Balaban J connectivity index is 1.51. The van der Waals surface area contributed by atoms with Crippen molar-refractivity contribution in [2.24, 2.45) is 11.8 Å². The molecule has 1 aliphatic heterocycles. The second-order valence-corrected chi connectivity index (χ2v) is 8.92. The van der Waals surface area contributed by atoms with E-state index < -0.39 is 0 Å². The summed E-state index contributed by atoms with van der Waals surface area (Å²) in [6.45, 7) is 3.95. The molecule has 29 heavy (non-hydrogen) atoms. The van der Waals surface area contributed by atoms with E-state index >= 15 is 0 Å². The lowest BCUT2D eigenvalue weighted by Gasteiger charge is -2.18. The third kappa shape index (κ3) is 3.73. The van der Waals surface area contributed by atoms with Gasteiger partial charge in [0.2, 0.25) is 11.8 Å². The molecule has 4 rings (SSSR count). The highest BCUT2D eigenvalue weighted by Crippen LogP contribution is 2.39. The fourth-order valence-electron chi connectivity index (χ4n) is 4.02. The summed E-state index contributed by atoms with van der Waals surface area (Å²) in [4.78, 5) is 39.5. The Bertz CT molecular complexity index is 1040. The van der Waals surface area contributed by atoms with Gasteiger partial charge in [-0.05, 0) is 97.3 Å². The van der Waals surface area contributed by atoms with Crippen molar-refractivity contribution in [2.75, 3.05) is 10.2 Å². The fraction of sp³-hybridized carbons (Fsp3) is 0.261. The smallest absolute Gasteiger partial charge is 0.255 e. The van der Waals surface area contributed by atoms with Crippen LogP contribution in [0.15, 0.2) is 54.1 Å². The van der Waals surface area contributed by atoms with E-state index in [4.69, 9.17) is 0 Å². The van der Waals surface area contributed by atoms with Crippen LogP contribution < -0.4 is 10.2 Å². The molecule has 1 fully saturated rings. The van der Waals surface area contributed by atoms with Gasteiger partial charge in [0, 0.05) is 14.8 Å². The molecule has 0 radical (unpaired) electrons. The topological polar surface area (TPSA) is 66.5 Å². The van der Waals surface area contributed by atoms with E-state index in [-0.39, 0.29) is 29.6 Å². The molecule has 3 amide bonds. The number of amides is 3. The normalized spacial score (nSPS) is 21.1. The summed E-state index contributed by atoms with van der Waals surface area (Å²) >= 11 is 2.23. The number of hydrogen-bond donors (Lipinski definition) is 1. The van der Waals surface area contributed by atoms with Crippen molar-refractivity contribution in [2.45, 2.75) is 26.7 Å². The highest BCUT2D eigenvalue weighted by atomic mass is 127. The molecule has 1 aliphatic carbocycles. The molecular formula is C23H21IN2O3. The van der Waals surface area contributed by atoms with Gasteiger partial charge in [-0.15, -0.1) is 0 Å². The highest BCUT2D eigenvalue weighted by Gasteiger charge is 2.48. The minimum atomic E-state index is -0.266. The van der Waals surface area contributed by atoms with Crippen LogP contribution in [0.5, 0.6) is 0 Å². The molecule has 2 aliphatic rings. The summed E-state index contributed by atoms with van der Waals surface area (Å²) in [6.07, 6.45) is 3.31. The van der Waals surface area contributed by atoms with Crippen LogP contribution in [0.1, 0.15) is 35.7 Å². The van der Waals surface area contributed by atoms with Crippen LogP contribution in [-0.4, -0.2) is 17.7 Å². The van der Waals surface area contributed by atoms with Crippen LogP contribution in [0.2, 0.25) is 0 Å². The van der Waals surface area contributed by atoms with Crippen molar-refractivity contribution in [3.8, 4) is 0 Å². The number of hydrogen-bond acceptors (Lipinski definition) is 3. The van der Waals surface area contributed by atoms with E-state index in [1.54, 1.807) is 24.3 Å². The number of nitrogens with one attached hydrogen (secondary N) is 1. The van der Waals surface area contributed by atoms with Crippen molar-refractivity contribution in [3.63, 3.8) is 0 Å². The zero-order valence-electron chi connectivity index (χ0n) is 16.2. The monoisotopic (exact) mass is 500 g/mol. The van der Waals surface area contributed by atoms with E-state index in [0.717, 1.165) is 20.4 Å². The minimum Gasteiger partial charge on any atom is -0.322 e. The Morgan fingerprint density at radius 1 is 1.03 bits per heavy atom. The lowest BCUT2D eigenvalue weighted by atomic mass is 9.82. The van der Waals surface area contributed by atoms with Crippen LogP contribution in [0, 0.1) is 22.3 Å². The number of allylic oxidation sites excluding steroid dienone is 2. The largest absolute Gasteiger partial charge is 0.322 e. The van der Waals surface area contributed by atoms with Gasteiger partial charge in [-0.2, -0.15) is 0 Å². The summed E-state index contributed by atoms with van der Waals surface area (Å²) in [5.41, 5.74) is 3.90. The lowest BCUT2D eigenvalue weighted by Crippen LogP contribution is -2.30. The summed E-state index contributed by atoms with van der Waals surface area (Å²) in [5, 5.41) is 2.91. The average molecular weight is 500 g/mol. The highest BCUT2D eigenvalue weighted by molar-refractivity contribution is 14.1. The first-order valence-corrected chi connectivity index (χ1v) is 10.6. The third-order valence-electron chi connectivity index (χ3n) is 5.65. The standard InChI is InChI=1S/C23H21IN2O3/c1-13-3-9-18-19(11-13)23(29)26(22(18)28)17-7-4-15(5-8-17)21(27)25-20-10-6-16(24)12-14(20)2/h3-8,10,12,18-19H,9,11H2,1-2H3,(H,25,27)/t18-,19-/m1/s1. The lowest BCUT2D eigenvalue weighted by molar-refractivity contribution is -0.122. The first-order valence-electron chi connectivity index (χ1n) is 9.56. The number of fused-ring (bicyclic) bond motifs is 1. The maximum absolute atomic E-state index is 12.8. The number of aryl methyl sites for hydroxylation is 1. The Morgan fingerprint density at radius 2 is 1.72 bits per heavy atom. The van der Waals surface area contributed by atoms with Crippen molar-refractivity contribution in [3.05, 3.63) is 68.8 Å². The van der Waals surface area contributed by atoms with Gasteiger partial charge >= 0.3 is 0 Å². The molecule has 0 bridgehead atoms. The third-order valence-corrected chi connectivity index (χ3v) is 6.32. The first kappa shape index (κ1) is 19.8. The van der Waals surface area contributed by atoms with Crippen molar-refractivity contribution in [1.29, 1.82) is 0 Å². The number of rotatable bonds is 3. The van der Waals surface area contributed by atoms with Gasteiger partial charge < -0.3 is 5.32 Å². The fourth-order valence-corrected chi connectivity index (χ4v) is 4.66. The first-order chi connectivity index (χ1) is 13.8. The Hall–Kier alpha value is -2.48. The number of carbonyl (C=O) groups is 3. The van der Waals surface area contributed by atoms with Gasteiger partial charge in [0.25, 0.3) is 5.91 Å². The number of imide groups is 1. The van der Waals surface area contributed by atoms with Crippen molar-refractivity contribution < 1.29 is 14.4 Å². The van der Waals surface area contributed by atoms with Crippen LogP contribution in [0.4, 0.5) is 11.4 Å². The molecule has 148 valence electrons. The molecule has 0 saturated carbocycles. The quantitative estimate of drug-likeness (QED) is 0.378. The molecule has 1 saturated heterocycles. The predicted molar refractivity (Wildman–Crippen MR) is 121 cm³/mol. The molecule has 0 spiro atoms. The van der Waals surface area contributed by atoms with Gasteiger partial charge in [-0.3, -0.25) is 19.3 Å². The summed E-state index contributed by atoms with van der Waals surface area (Å²) in [5.74, 6) is -1.04. The number of halogens is 1. The van der Waals surface area contributed by atoms with E-state index in [2.05, 4.69) is 34.0 Å². The number of benzene rings is 2. The summed E-state index contributed by atoms with van der Waals surface area (Å²) < 4.78 is 1.10. The number of nitrogens with zero attached hydrogens (tertiary/aromatic N) is 1. The van der Waals surface area contributed by atoms with Crippen LogP contribution in [0.3, 0.4) is 0 Å². The Kier molecular flexibility index (Phi) is 5.29. The van der Waals surface area contributed by atoms with E-state index in [9.17, 15) is 14.4 Å². The molecule has 5 nitrogen and oxygen atoms in total. The van der Waals surface area contributed by atoms with E-state index in [1.165, 1.54) is 4.90 Å². The van der Waals surface area contributed by atoms with Crippen LogP contribution in [-0.2, 0) is 9.59 Å². The Morgan fingerprint density at radius 3 is 2.41 bits per heavy atom. The maximum atomic E-state index is 12.8. The van der Waals surface area contributed by atoms with Crippen LogP contribution in [0.25, 0.3) is 0 Å². The molecule has 2 aromatic carbocycles. The van der Waals surface area contributed by atoms with Gasteiger partial charge in [0.15, 0.2) is 0 Å². The summed E-state index contributed by atoms with van der Waals surface area (Å²) in [7, 11) is 0. The zero-order valence-corrected chi connectivity index (χ0v) is 18.4. The molecule has 2 atom stereocenters. The molecule has 2 aromatic rings. The second-order valence-electron chi connectivity index (χ2n) is 7.68. The molecule has 1 N–H and O–H groups in total. The Labute approximate surface area is 183 Å². The molecule has 6 heteroatoms. The van der Waals surface area contributed by atoms with Crippen LogP contribution >= 0.6 is 22.6 Å². The average Bonchev–Trinajstić information content (AvgIpc) is 2.94. The number of carbonyl (C=O) groups excluding carboxylic acids is 3. The second kappa shape index (κ2) is 7.74. The number of anilines is 2. The molecule has 1 heterocycles. The molecular weight excluding hydrogens is 479 g/mol. The van der Waals surface area contributed by atoms with Gasteiger partial charge in [-0.1, -0.05) is 11.6 Å². The molecule has 0 unspecified atom stereocenters. The van der Waals surface area contributed by atoms with Crippen molar-refractivity contribution in [1.82, 2.24) is 0 Å². The van der Waals surface area contributed by atoms with E-state index in [1.807, 2.05) is 32.0 Å².